The second kappa shape index (κ2) is 6.56. The minimum atomic E-state index is -4.15. The molecule has 3 rings (SSSR count). The van der Waals surface area contributed by atoms with Crippen molar-refractivity contribution in [2.24, 2.45) is 0 Å². The van der Waals surface area contributed by atoms with Crippen LogP contribution in [0.15, 0.2) is 49.0 Å². The van der Waals surface area contributed by atoms with Gasteiger partial charge in [-0.3, -0.25) is 4.79 Å². The summed E-state index contributed by atoms with van der Waals surface area (Å²) >= 11 is 0. The second-order valence-corrected chi connectivity index (χ2v) is 6.96. The Bertz CT molecular complexity index is 929. The van der Waals surface area contributed by atoms with E-state index in [-0.39, 0.29) is 18.0 Å². The van der Waals surface area contributed by atoms with Gasteiger partial charge in [0, 0.05) is 0 Å². The van der Waals surface area contributed by atoms with Crippen LogP contribution in [0.1, 0.15) is 11.1 Å². The molecule has 1 heterocycles. The molecule has 0 saturated carbocycles. The molecule has 130 valence electrons. The highest BCUT2D eigenvalue weighted by atomic mass is 32.2. The Kier molecular flexibility index (Phi) is 4.45. The third-order valence-corrected chi connectivity index (χ3v) is 4.97. The zero-order valence-electron chi connectivity index (χ0n) is 13.1. The Balaban J connectivity index is 2.02. The van der Waals surface area contributed by atoms with E-state index in [1.807, 2.05) is 35.1 Å². The van der Waals surface area contributed by atoms with Crippen molar-refractivity contribution in [3.05, 3.63) is 66.0 Å². The van der Waals surface area contributed by atoms with Crippen molar-refractivity contribution < 1.29 is 22.3 Å². The average molecular weight is 362 g/mol. The van der Waals surface area contributed by atoms with Gasteiger partial charge < -0.3 is 4.74 Å². The van der Waals surface area contributed by atoms with Crippen LogP contribution in [0.3, 0.4) is 0 Å². The Labute approximate surface area is 144 Å². The first kappa shape index (κ1) is 17.0. The van der Waals surface area contributed by atoms with Crippen LogP contribution in [0.4, 0.5) is 10.1 Å². The first-order chi connectivity index (χ1) is 11.9. The van der Waals surface area contributed by atoms with Crippen molar-refractivity contribution in [2.45, 2.75) is 6.61 Å². The van der Waals surface area contributed by atoms with E-state index in [0.717, 1.165) is 11.6 Å². The van der Waals surface area contributed by atoms with Gasteiger partial charge in [-0.15, -0.1) is 0 Å². The van der Waals surface area contributed by atoms with Crippen LogP contribution in [-0.4, -0.2) is 20.9 Å². The monoisotopic (exact) mass is 362 g/mol. The number of nitrogens with zero attached hydrogens (tertiary/aromatic N) is 1. The normalized spacial score (nSPS) is 15.7. The maximum atomic E-state index is 14.6. The SMILES string of the molecule is C=Cc1cc(F)c(N2CC(=O)NS2(=O)=O)c(OCc2ccccc2)c1. The zero-order chi connectivity index (χ0) is 18.0. The summed E-state index contributed by atoms with van der Waals surface area (Å²) in [5.41, 5.74) is 0.955. The van der Waals surface area contributed by atoms with Crippen LogP contribution < -0.4 is 13.8 Å². The first-order valence-electron chi connectivity index (χ1n) is 7.37. The summed E-state index contributed by atoms with van der Waals surface area (Å²) in [4.78, 5) is 11.5. The number of nitrogens with one attached hydrogen (secondary N) is 1. The molecule has 6 nitrogen and oxygen atoms in total. The predicted molar refractivity (Wildman–Crippen MR) is 91.7 cm³/mol. The maximum Gasteiger partial charge on any atom is 0.326 e. The average Bonchev–Trinajstić information content (AvgIpc) is 2.85. The summed E-state index contributed by atoms with van der Waals surface area (Å²) in [7, 11) is -4.15. The van der Waals surface area contributed by atoms with Gasteiger partial charge in [-0.1, -0.05) is 43.0 Å². The van der Waals surface area contributed by atoms with Gasteiger partial charge in [-0.05, 0) is 23.3 Å². The minimum Gasteiger partial charge on any atom is -0.487 e. The number of anilines is 1. The first-order valence-corrected chi connectivity index (χ1v) is 8.81. The highest BCUT2D eigenvalue weighted by Crippen LogP contribution is 2.36. The highest BCUT2D eigenvalue weighted by Gasteiger charge is 2.37. The molecule has 0 aliphatic carbocycles. The second-order valence-electron chi connectivity index (χ2n) is 5.36. The van der Waals surface area contributed by atoms with Crippen molar-refractivity contribution >= 4 is 27.9 Å². The van der Waals surface area contributed by atoms with Gasteiger partial charge in [0.15, 0.2) is 5.82 Å². The Morgan fingerprint density at radius 2 is 2.00 bits per heavy atom. The fourth-order valence-corrected chi connectivity index (χ4v) is 3.61. The lowest BCUT2D eigenvalue weighted by Crippen LogP contribution is -2.30. The molecule has 1 fully saturated rings. The van der Waals surface area contributed by atoms with Gasteiger partial charge >= 0.3 is 10.2 Å². The third kappa shape index (κ3) is 3.48. The van der Waals surface area contributed by atoms with Gasteiger partial charge in [0.25, 0.3) is 5.91 Å². The van der Waals surface area contributed by atoms with E-state index < -0.39 is 28.5 Å². The largest absolute Gasteiger partial charge is 0.487 e. The molecule has 8 heteroatoms. The van der Waals surface area contributed by atoms with Crippen molar-refractivity contribution in [3.8, 4) is 5.75 Å². The predicted octanol–water partition coefficient (Wildman–Crippen LogP) is 2.23. The molecular formula is C17H15FN2O4S. The van der Waals surface area contributed by atoms with Crippen molar-refractivity contribution in [3.63, 3.8) is 0 Å². The molecule has 0 bridgehead atoms. The number of carbonyl (C=O) groups excluding carboxylic acids is 1. The van der Waals surface area contributed by atoms with E-state index in [4.69, 9.17) is 4.74 Å². The highest BCUT2D eigenvalue weighted by molar-refractivity contribution is 7.92. The van der Waals surface area contributed by atoms with E-state index in [1.54, 1.807) is 0 Å². The Morgan fingerprint density at radius 3 is 2.60 bits per heavy atom. The van der Waals surface area contributed by atoms with Gasteiger partial charge in [-0.2, -0.15) is 8.42 Å². The van der Waals surface area contributed by atoms with Gasteiger partial charge in [0.2, 0.25) is 0 Å². The number of rotatable bonds is 5. The molecule has 1 aliphatic heterocycles. The zero-order valence-corrected chi connectivity index (χ0v) is 13.9. The van der Waals surface area contributed by atoms with Crippen molar-refractivity contribution in [1.29, 1.82) is 0 Å². The van der Waals surface area contributed by atoms with Crippen molar-refractivity contribution in [2.75, 3.05) is 10.8 Å². The fourth-order valence-electron chi connectivity index (χ4n) is 2.44. The topological polar surface area (TPSA) is 75.7 Å². The molecule has 1 saturated heterocycles. The van der Waals surface area contributed by atoms with Gasteiger partial charge in [0.05, 0.1) is 0 Å². The number of hydrogen-bond acceptors (Lipinski definition) is 4. The van der Waals surface area contributed by atoms with Crippen LogP contribution in [0.5, 0.6) is 5.75 Å². The lowest BCUT2D eigenvalue weighted by molar-refractivity contribution is -0.117. The molecule has 25 heavy (non-hydrogen) atoms. The lowest BCUT2D eigenvalue weighted by Gasteiger charge is -2.20. The molecule has 1 N–H and O–H groups in total. The molecule has 1 aliphatic rings. The number of halogens is 1. The maximum absolute atomic E-state index is 14.6. The minimum absolute atomic E-state index is 0.0128. The molecule has 2 aromatic carbocycles. The van der Waals surface area contributed by atoms with E-state index >= 15 is 0 Å². The number of amides is 1. The van der Waals surface area contributed by atoms with Crippen LogP contribution in [-0.2, 0) is 21.6 Å². The number of carbonyl (C=O) groups is 1. The van der Waals surface area contributed by atoms with Crippen LogP contribution in [0, 0.1) is 5.82 Å². The van der Waals surface area contributed by atoms with Crippen molar-refractivity contribution in [1.82, 2.24) is 4.72 Å². The van der Waals surface area contributed by atoms with E-state index in [2.05, 4.69) is 6.58 Å². The summed E-state index contributed by atoms with van der Waals surface area (Å²) < 4.78 is 46.8. The molecular weight excluding hydrogens is 347 g/mol. The summed E-state index contributed by atoms with van der Waals surface area (Å²) in [6.07, 6.45) is 1.42. The summed E-state index contributed by atoms with van der Waals surface area (Å²) in [5.74, 6) is -1.54. The van der Waals surface area contributed by atoms with Crippen LogP contribution in [0.25, 0.3) is 6.08 Å². The molecule has 2 aromatic rings. The quantitative estimate of drug-likeness (QED) is 0.885. The number of ether oxygens (including phenoxy) is 1. The van der Waals surface area contributed by atoms with E-state index in [0.29, 0.717) is 9.87 Å². The Morgan fingerprint density at radius 1 is 1.28 bits per heavy atom. The Hall–Kier alpha value is -2.87. The number of benzene rings is 2. The van der Waals surface area contributed by atoms with E-state index in [9.17, 15) is 17.6 Å². The summed E-state index contributed by atoms with van der Waals surface area (Å²) in [5, 5.41) is 0. The molecule has 1 amide bonds. The van der Waals surface area contributed by atoms with Crippen LogP contribution >= 0.6 is 0 Å². The van der Waals surface area contributed by atoms with E-state index in [1.165, 1.54) is 12.1 Å². The molecule has 0 unspecified atom stereocenters. The molecule has 0 aromatic heterocycles. The van der Waals surface area contributed by atoms with Gasteiger partial charge in [0.1, 0.15) is 24.6 Å². The lowest BCUT2D eigenvalue weighted by atomic mass is 10.1. The number of hydrogen-bond donors (Lipinski definition) is 1. The summed E-state index contributed by atoms with van der Waals surface area (Å²) in [6, 6.07) is 11.8. The van der Waals surface area contributed by atoms with Gasteiger partial charge in [-0.25, -0.2) is 13.4 Å². The molecule has 0 atom stereocenters. The summed E-state index contributed by atoms with van der Waals surface area (Å²) in [6.45, 7) is 3.19. The van der Waals surface area contributed by atoms with Crippen LogP contribution in [0.2, 0.25) is 0 Å². The standard InChI is InChI=1S/C17H15FN2O4S/c1-2-12-8-14(18)17(20-10-16(21)19-25(20,22)23)15(9-12)24-11-13-6-4-3-5-7-13/h2-9H,1,10-11H2,(H,19,21). The smallest absolute Gasteiger partial charge is 0.326 e. The fraction of sp³-hybridized carbons (Fsp3) is 0.118. The molecule has 0 radical (unpaired) electrons. The molecule has 0 spiro atoms. The third-order valence-electron chi connectivity index (χ3n) is 3.59.